The summed E-state index contributed by atoms with van der Waals surface area (Å²) in [5.41, 5.74) is 2.52. The van der Waals surface area contributed by atoms with E-state index in [4.69, 9.17) is 9.26 Å². The Morgan fingerprint density at radius 3 is 2.31 bits per heavy atom. The third-order valence-corrected chi connectivity index (χ3v) is 5.42. The molecule has 0 saturated carbocycles. The van der Waals surface area contributed by atoms with Gasteiger partial charge in [-0.1, -0.05) is 5.16 Å². The monoisotopic (exact) mass is 373 g/mol. The average molecular weight is 373 g/mol. The van der Waals surface area contributed by atoms with Crippen LogP contribution in [0, 0.1) is 20.8 Å². The van der Waals surface area contributed by atoms with Gasteiger partial charge in [0.2, 0.25) is 0 Å². The molecule has 1 aromatic heterocycles. The van der Waals surface area contributed by atoms with Crippen LogP contribution in [0.15, 0.2) is 45.8 Å². The molecule has 0 spiro atoms. The molecule has 0 unspecified atom stereocenters. The van der Waals surface area contributed by atoms with E-state index in [0.717, 1.165) is 5.56 Å². The van der Waals surface area contributed by atoms with E-state index in [1.165, 1.54) is 0 Å². The first kappa shape index (κ1) is 17.9. The summed E-state index contributed by atoms with van der Waals surface area (Å²) >= 11 is 0. The van der Waals surface area contributed by atoms with Crippen molar-refractivity contribution in [1.29, 1.82) is 0 Å². The molecule has 0 amide bonds. The van der Waals surface area contributed by atoms with Crippen molar-refractivity contribution in [3.05, 3.63) is 53.3 Å². The summed E-state index contributed by atoms with van der Waals surface area (Å²) in [4.78, 5) is 4.36. The van der Waals surface area contributed by atoms with Gasteiger partial charge < -0.3 is 9.26 Å². The van der Waals surface area contributed by atoms with Gasteiger partial charge in [-0.25, -0.2) is 8.42 Å². The van der Waals surface area contributed by atoms with Gasteiger partial charge in [0.05, 0.1) is 12.0 Å². The van der Waals surface area contributed by atoms with E-state index >= 15 is 0 Å². The molecular formula is C18H19N3O4S. The van der Waals surface area contributed by atoms with Gasteiger partial charge in [0, 0.05) is 11.3 Å². The molecule has 1 heterocycles. The second-order valence-corrected chi connectivity index (χ2v) is 7.57. The highest BCUT2D eigenvalue weighted by Gasteiger charge is 2.19. The lowest BCUT2D eigenvalue weighted by atomic mass is 10.1. The Morgan fingerprint density at radius 1 is 1.04 bits per heavy atom. The fourth-order valence-corrected chi connectivity index (χ4v) is 3.95. The topological polar surface area (TPSA) is 94.3 Å². The molecule has 3 aromatic rings. The minimum absolute atomic E-state index is 0.215. The number of benzene rings is 2. The number of anilines is 1. The van der Waals surface area contributed by atoms with Crippen LogP contribution in [0.2, 0.25) is 0 Å². The molecule has 136 valence electrons. The molecule has 0 aliphatic rings. The molecule has 0 aliphatic heterocycles. The number of methoxy groups -OCH3 is 1. The number of sulfonamides is 1. The molecule has 2 aromatic carbocycles. The first-order valence-corrected chi connectivity index (χ1v) is 9.37. The largest absolute Gasteiger partial charge is 0.496 e. The Hall–Kier alpha value is -2.87. The predicted octanol–water partition coefficient (Wildman–Crippen LogP) is 3.47. The van der Waals surface area contributed by atoms with Gasteiger partial charge in [0.25, 0.3) is 15.9 Å². The lowest BCUT2D eigenvalue weighted by Gasteiger charge is -2.13. The molecule has 0 radical (unpaired) electrons. The van der Waals surface area contributed by atoms with Crippen molar-refractivity contribution < 1.29 is 17.7 Å². The van der Waals surface area contributed by atoms with Gasteiger partial charge in [-0.2, -0.15) is 4.98 Å². The SMILES string of the molecule is COc1cc(C)c(S(=O)(=O)Nc2ccc(-c3nc(C)no3)cc2)cc1C. The fraction of sp³-hybridized carbons (Fsp3) is 0.222. The van der Waals surface area contributed by atoms with Crippen molar-refractivity contribution in [2.24, 2.45) is 0 Å². The van der Waals surface area contributed by atoms with E-state index in [1.807, 2.05) is 0 Å². The standard InChI is InChI=1S/C18H19N3O4S/c1-11-10-17(12(2)9-16(11)24-4)26(22,23)21-15-7-5-14(6-8-15)18-19-13(3)20-25-18/h5-10,21H,1-4H3. The number of rotatable bonds is 5. The summed E-state index contributed by atoms with van der Waals surface area (Å²) in [5.74, 6) is 1.58. The maximum absolute atomic E-state index is 12.7. The number of aryl methyl sites for hydroxylation is 3. The lowest BCUT2D eigenvalue weighted by molar-refractivity contribution is 0.411. The normalized spacial score (nSPS) is 11.4. The molecule has 0 saturated heterocycles. The summed E-state index contributed by atoms with van der Waals surface area (Å²) in [7, 11) is -2.17. The van der Waals surface area contributed by atoms with Crippen molar-refractivity contribution >= 4 is 15.7 Å². The third-order valence-electron chi connectivity index (χ3n) is 3.89. The van der Waals surface area contributed by atoms with Crippen LogP contribution < -0.4 is 9.46 Å². The van der Waals surface area contributed by atoms with Crippen LogP contribution in [-0.4, -0.2) is 25.7 Å². The highest BCUT2D eigenvalue weighted by atomic mass is 32.2. The Morgan fingerprint density at radius 2 is 1.73 bits per heavy atom. The van der Waals surface area contributed by atoms with E-state index in [-0.39, 0.29) is 4.90 Å². The zero-order valence-electron chi connectivity index (χ0n) is 14.9. The van der Waals surface area contributed by atoms with E-state index in [1.54, 1.807) is 64.3 Å². The summed E-state index contributed by atoms with van der Waals surface area (Å²) < 4.78 is 38.4. The van der Waals surface area contributed by atoms with Crippen LogP contribution >= 0.6 is 0 Å². The van der Waals surface area contributed by atoms with E-state index in [0.29, 0.717) is 34.3 Å². The number of aromatic nitrogens is 2. The van der Waals surface area contributed by atoms with E-state index in [2.05, 4.69) is 14.9 Å². The highest BCUT2D eigenvalue weighted by Crippen LogP contribution is 2.27. The molecule has 0 bridgehead atoms. The van der Waals surface area contributed by atoms with Crippen LogP contribution in [0.25, 0.3) is 11.5 Å². The second kappa shape index (κ2) is 6.80. The van der Waals surface area contributed by atoms with Gasteiger partial charge in [-0.05, 0) is 68.3 Å². The summed E-state index contributed by atoms with van der Waals surface area (Å²) in [5, 5.41) is 3.74. The van der Waals surface area contributed by atoms with E-state index < -0.39 is 10.0 Å². The minimum Gasteiger partial charge on any atom is -0.496 e. The summed E-state index contributed by atoms with van der Waals surface area (Å²) in [6.07, 6.45) is 0. The van der Waals surface area contributed by atoms with Crippen LogP contribution in [0.5, 0.6) is 5.75 Å². The first-order valence-electron chi connectivity index (χ1n) is 7.89. The number of ether oxygens (including phenoxy) is 1. The van der Waals surface area contributed by atoms with Gasteiger partial charge >= 0.3 is 0 Å². The van der Waals surface area contributed by atoms with Gasteiger partial charge in [-0.15, -0.1) is 0 Å². The maximum Gasteiger partial charge on any atom is 0.262 e. The predicted molar refractivity (Wildman–Crippen MR) is 97.7 cm³/mol. The van der Waals surface area contributed by atoms with Crippen LogP contribution in [0.4, 0.5) is 5.69 Å². The molecule has 1 N–H and O–H groups in total. The molecule has 26 heavy (non-hydrogen) atoms. The Balaban J connectivity index is 1.87. The number of hydrogen-bond donors (Lipinski definition) is 1. The molecule has 0 fully saturated rings. The average Bonchev–Trinajstić information content (AvgIpc) is 3.03. The second-order valence-electron chi connectivity index (χ2n) is 5.92. The smallest absolute Gasteiger partial charge is 0.262 e. The number of nitrogens with one attached hydrogen (secondary N) is 1. The third kappa shape index (κ3) is 3.55. The van der Waals surface area contributed by atoms with Gasteiger partial charge in [0.15, 0.2) is 5.82 Å². The molecule has 0 atom stereocenters. The molecule has 3 rings (SSSR count). The Bertz CT molecular complexity index is 1040. The maximum atomic E-state index is 12.7. The molecule has 0 aliphatic carbocycles. The van der Waals surface area contributed by atoms with Crippen LogP contribution in [0.3, 0.4) is 0 Å². The van der Waals surface area contributed by atoms with Crippen molar-refractivity contribution in [3.8, 4) is 17.2 Å². The van der Waals surface area contributed by atoms with Crippen molar-refractivity contribution in [2.45, 2.75) is 25.7 Å². The van der Waals surface area contributed by atoms with Gasteiger partial charge in [0.1, 0.15) is 5.75 Å². The van der Waals surface area contributed by atoms with Crippen molar-refractivity contribution in [2.75, 3.05) is 11.8 Å². The van der Waals surface area contributed by atoms with Crippen LogP contribution in [-0.2, 0) is 10.0 Å². The van der Waals surface area contributed by atoms with Crippen molar-refractivity contribution in [3.63, 3.8) is 0 Å². The fourth-order valence-electron chi connectivity index (χ4n) is 2.58. The van der Waals surface area contributed by atoms with Crippen LogP contribution in [0.1, 0.15) is 17.0 Å². The Labute approximate surface area is 152 Å². The molecule has 7 nitrogen and oxygen atoms in total. The first-order chi connectivity index (χ1) is 12.3. The van der Waals surface area contributed by atoms with E-state index in [9.17, 15) is 8.42 Å². The van der Waals surface area contributed by atoms with Crippen molar-refractivity contribution in [1.82, 2.24) is 10.1 Å². The number of nitrogens with zero attached hydrogens (tertiary/aromatic N) is 2. The summed E-state index contributed by atoms with van der Waals surface area (Å²) in [6.45, 7) is 5.27. The summed E-state index contributed by atoms with van der Waals surface area (Å²) in [6, 6.07) is 10.1. The zero-order valence-corrected chi connectivity index (χ0v) is 15.7. The van der Waals surface area contributed by atoms with Gasteiger partial charge in [-0.3, -0.25) is 4.72 Å². The quantitative estimate of drug-likeness (QED) is 0.736. The minimum atomic E-state index is -3.72. The lowest BCUT2D eigenvalue weighted by Crippen LogP contribution is -2.14. The molecule has 8 heteroatoms. The molecular weight excluding hydrogens is 354 g/mol. The zero-order chi connectivity index (χ0) is 18.9. The number of hydrogen-bond acceptors (Lipinski definition) is 6. The Kier molecular flexibility index (Phi) is 4.69. The highest BCUT2D eigenvalue weighted by molar-refractivity contribution is 7.92.